The molecule has 7 aromatic rings. The van der Waals surface area contributed by atoms with Gasteiger partial charge in [-0.1, -0.05) is 133 Å². The van der Waals surface area contributed by atoms with Crippen LogP contribution in [0.15, 0.2) is 164 Å². The van der Waals surface area contributed by atoms with E-state index in [0.29, 0.717) is 0 Å². The van der Waals surface area contributed by atoms with Gasteiger partial charge in [-0.25, -0.2) is 0 Å². The van der Waals surface area contributed by atoms with Gasteiger partial charge in [0.15, 0.2) is 0 Å². The minimum Gasteiger partial charge on any atom is -0.310 e. The molecule has 0 unspecified atom stereocenters. The Morgan fingerprint density at radius 1 is 0.412 bits per heavy atom. The number of fused-ring (bicyclic) bond motifs is 4. The van der Waals surface area contributed by atoms with Crippen LogP contribution >= 0.6 is 0 Å². The second kappa shape index (κ2) is 11.3. The Morgan fingerprint density at radius 3 is 1.69 bits per heavy atom. The van der Waals surface area contributed by atoms with E-state index in [0.717, 1.165) is 23.7 Å². The highest BCUT2D eigenvalue weighted by atomic mass is 15.1. The van der Waals surface area contributed by atoms with E-state index in [1.807, 2.05) is 0 Å². The van der Waals surface area contributed by atoms with Crippen molar-refractivity contribution in [2.45, 2.75) is 37.5 Å². The van der Waals surface area contributed by atoms with Crippen molar-refractivity contribution in [3.8, 4) is 33.4 Å². The summed E-state index contributed by atoms with van der Waals surface area (Å²) in [5.74, 6) is 3.34. The van der Waals surface area contributed by atoms with E-state index in [-0.39, 0.29) is 5.41 Å². The molecule has 0 aromatic heterocycles. The van der Waals surface area contributed by atoms with Crippen molar-refractivity contribution >= 4 is 27.8 Å². The monoisotopic (exact) mass is 655 g/mol. The summed E-state index contributed by atoms with van der Waals surface area (Å²) in [4.78, 5) is 2.53. The van der Waals surface area contributed by atoms with Gasteiger partial charge in [0, 0.05) is 22.2 Å². The van der Waals surface area contributed by atoms with Crippen molar-refractivity contribution in [1.29, 1.82) is 0 Å². The van der Waals surface area contributed by atoms with Gasteiger partial charge in [-0.05, 0) is 136 Å². The summed E-state index contributed by atoms with van der Waals surface area (Å²) < 4.78 is 0. The highest BCUT2D eigenvalue weighted by molar-refractivity contribution is 5.99. The predicted octanol–water partition coefficient (Wildman–Crippen LogP) is 13.4. The molecule has 4 saturated carbocycles. The van der Waals surface area contributed by atoms with Gasteiger partial charge in [-0.3, -0.25) is 0 Å². The molecule has 0 saturated heterocycles. The maximum Gasteiger partial charge on any atom is 0.0540 e. The third kappa shape index (κ3) is 4.40. The molecule has 0 heterocycles. The molecule has 1 spiro atoms. The SMILES string of the molecule is c1ccc(-c2ccc(-c3ccc(N(c4ccc5c(c4)C4(c6ccccc6-5)C5CC6CC(C5)CC4C6)c4cccc5ccccc45)cc3)cc2)cc1. The summed E-state index contributed by atoms with van der Waals surface area (Å²) in [6.45, 7) is 0. The highest BCUT2D eigenvalue weighted by Gasteiger charge is 2.61. The maximum atomic E-state index is 2.62. The van der Waals surface area contributed by atoms with Crippen LogP contribution in [-0.4, -0.2) is 0 Å². The fraction of sp³-hybridized carbons (Fsp3) is 0.200. The number of hydrogen-bond acceptors (Lipinski definition) is 1. The topological polar surface area (TPSA) is 3.24 Å². The molecule has 0 amide bonds. The van der Waals surface area contributed by atoms with Crippen molar-refractivity contribution in [1.82, 2.24) is 0 Å². The van der Waals surface area contributed by atoms with E-state index in [1.54, 1.807) is 11.1 Å². The summed E-state index contributed by atoms with van der Waals surface area (Å²) >= 11 is 0. The summed E-state index contributed by atoms with van der Waals surface area (Å²) in [6, 6.07) is 61.4. The van der Waals surface area contributed by atoms with Crippen LogP contribution in [0.4, 0.5) is 17.1 Å². The predicted molar refractivity (Wildman–Crippen MR) is 213 cm³/mol. The van der Waals surface area contributed by atoms with Gasteiger partial charge in [0.1, 0.15) is 0 Å². The lowest BCUT2D eigenvalue weighted by Gasteiger charge is -2.61. The Kier molecular flexibility index (Phi) is 6.50. The molecule has 7 aromatic carbocycles. The van der Waals surface area contributed by atoms with Crippen molar-refractivity contribution < 1.29 is 0 Å². The Balaban J connectivity index is 1.05. The third-order valence-corrected chi connectivity index (χ3v) is 13.3. The molecule has 246 valence electrons. The number of rotatable bonds is 5. The molecule has 0 N–H and O–H groups in total. The van der Waals surface area contributed by atoms with Crippen LogP contribution in [0.2, 0.25) is 0 Å². The van der Waals surface area contributed by atoms with E-state index in [4.69, 9.17) is 0 Å². The van der Waals surface area contributed by atoms with E-state index in [2.05, 4.69) is 169 Å². The summed E-state index contributed by atoms with van der Waals surface area (Å²) in [5.41, 5.74) is 14.9. The van der Waals surface area contributed by atoms with E-state index in [9.17, 15) is 0 Å². The van der Waals surface area contributed by atoms with Crippen molar-refractivity contribution in [3.05, 3.63) is 175 Å². The van der Waals surface area contributed by atoms with Crippen LogP contribution in [0.3, 0.4) is 0 Å². The Hall–Kier alpha value is -5.40. The van der Waals surface area contributed by atoms with Crippen molar-refractivity contribution in [2.24, 2.45) is 23.7 Å². The second-order valence-electron chi connectivity index (χ2n) is 15.8. The van der Waals surface area contributed by atoms with Crippen LogP contribution in [0.1, 0.15) is 43.2 Å². The van der Waals surface area contributed by atoms with Crippen LogP contribution in [0.5, 0.6) is 0 Å². The molecular weight excluding hydrogens is 615 g/mol. The van der Waals surface area contributed by atoms with Crippen molar-refractivity contribution in [2.75, 3.05) is 4.90 Å². The average Bonchev–Trinajstić information content (AvgIpc) is 3.48. The van der Waals surface area contributed by atoms with Crippen LogP contribution in [-0.2, 0) is 5.41 Å². The molecule has 0 radical (unpaired) electrons. The van der Waals surface area contributed by atoms with Gasteiger partial charge in [-0.2, -0.15) is 0 Å². The van der Waals surface area contributed by atoms with Gasteiger partial charge in [0.05, 0.1) is 5.69 Å². The van der Waals surface area contributed by atoms with E-state index >= 15 is 0 Å². The van der Waals surface area contributed by atoms with Crippen molar-refractivity contribution in [3.63, 3.8) is 0 Å². The third-order valence-electron chi connectivity index (χ3n) is 13.3. The molecular formula is C50H41N. The Morgan fingerprint density at radius 2 is 0.961 bits per heavy atom. The lowest BCUT2D eigenvalue weighted by atomic mass is 9.43. The zero-order chi connectivity index (χ0) is 33.5. The highest BCUT2D eigenvalue weighted by Crippen LogP contribution is 2.69. The summed E-state index contributed by atoms with van der Waals surface area (Å²) in [6.07, 6.45) is 7.05. The maximum absolute atomic E-state index is 2.62. The van der Waals surface area contributed by atoms with Crippen LogP contribution < -0.4 is 4.90 Å². The van der Waals surface area contributed by atoms with Gasteiger partial charge in [-0.15, -0.1) is 0 Å². The zero-order valence-corrected chi connectivity index (χ0v) is 28.9. The summed E-state index contributed by atoms with van der Waals surface area (Å²) in [7, 11) is 0. The zero-order valence-electron chi connectivity index (χ0n) is 28.9. The van der Waals surface area contributed by atoms with Gasteiger partial charge < -0.3 is 4.90 Å². The van der Waals surface area contributed by atoms with Gasteiger partial charge >= 0.3 is 0 Å². The largest absolute Gasteiger partial charge is 0.310 e. The fourth-order valence-corrected chi connectivity index (χ4v) is 11.4. The molecule has 0 atom stereocenters. The first-order valence-electron chi connectivity index (χ1n) is 19.0. The first-order chi connectivity index (χ1) is 25.2. The lowest BCUT2D eigenvalue weighted by Crippen LogP contribution is -2.55. The number of nitrogens with zero attached hydrogens (tertiary/aromatic N) is 1. The standard InChI is InChI=1S/C50H41N/c1-2-9-35(10-3-1)36-17-19-37(20-18-36)38-21-23-42(24-22-38)51(49-16-8-12-39-11-4-5-13-44(39)49)43-25-26-46-45-14-6-7-15-47(45)50(48(46)32-43)40-28-33-27-34(30-40)31-41(50)29-33/h1-26,32-34,40-41H,27-31H2. The van der Waals surface area contributed by atoms with Gasteiger partial charge in [0.25, 0.3) is 0 Å². The minimum atomic E-state index is 0.134. The molecule has 4 bridgehead atoms. The molecule has 12 rings (SSSR count). The number of benzene rings is 7. The first kappa shape index (κ1) is 29.3. The molecule has 4 fully saturated rings. The normalized spacial score (nSPS) is 23.8. The Bertz CT molecular complexity index is 2390. The Labute approximate surface area is 301 Å². The van der Waals surface area contributed by atoms with Gasteiger partial charge in [0.2, 0.25) is 0 Å². The molecule has 51 heavy (non-hydrogen) atoms. The average molecular weight is 656 g/mol. The smallest absolute Gasteiger partial charge is 0.0540 e. The van der Waals surface area contributed by atoms with Crippen LogP contribution in [0.25, 0.3) is 44.2 Å². The number of anilines is 3. The molecule has 1 nitrogen and oxygen atoms in total. The molecule has 5 aliphatic carbocycles. The minimum absolute atomic E-state index is 0.134. The molecule has 0 aliphatic heterocycles. The summed E-state index contributed by atoms with van der Waals surface area (Å²) in [5, 5.41) is 2.54. The lowest BCUT2D eigenvalue weighted by molar-refractivity contribution is -0.0399. The molecule has 5 aliphatic rings. The van der Waals surface area contributed by atoms with E-state index in [1.165, 1.54) is 93.3 Å². The fourth-order valence-electron chi connectivity index (χ4n) is 11.4. The second-order valence-corrected chi connectivity index (χ2v) is 15.8. The number of hydrogen-bond donors (Lipinski definition) is 0. The van der Waals surface area contributed by atoms with E-state index < -0.39 is 0 Å². The van der Waals surface area contributed by atoms with Crippen LogP contribution in [0, 0.1) is 23.7 Å². The first-order valence-corrected chi connectivity index (χ1v) is 19.0. The quantitative estimate of drug-likeness (QED) is 0.178. The molecule has 1 heteroatoms.